The Morgan fingerprint density at radius 1 is 1.05 bits per heavy atom. The zero-order valence-corrected chi connectivity index (χ0v) is 11.8. The molecule has 0 bridgehead atoms. The fraction of sp³-hybridized carbons (Fsp3) is 0.375. The zero-order valence-electron chi connectivity index (χ0n) is 11.8. The summed E-state index contributed by atoms with van der Waals surface area (Å²) in [4.78, 5) is 25.0. The molecule has 3 rings (SSSR count). The Kier molecular flexibility index (Phi) is 4.01. The van der Waals surface area contributed by atoms with E-state index >= 15 is 0 Å². The van der Waals surface area contributed by atoms with Crippen LogP contribution >= 0.6 is 0 Å². The molecule has 1 aromatic carbocycles. The Morgan fingerprint density at radius 2 is 1.76 bits per heavy atom. The number of hydrogen-bond acceptors (Lipinski definition) is 3. The minimum Gasteiger partial charge on any atom is -0.317 e. The molecule has 5 heteroatoms. The van der Waals surface area contributed by atoms with E-state index in [1.54, 1.807) is 0 Å². The molecule has 1 aliphatic rings. The van der Waals surface area contributed by atoms with Crippen molar-refractivity contribution in [2.24, 2.45) is 0 Å². The molecular formula is C16H19N3O2. The van der Waals surface area contributed by atoms with Gasteiger partial charge in [0.05, 0.1) is 6.54 Å². The Bertz CT molecular complexity index is 709. The SMILES string of the molecule is O=c1ccn(Cc2ccc(C3CCNCC3)cc2)c(=O)[nH]1. The van der Waals surface area contributed by atoms with E-state index in [1.165, 1.54) is 35.2 Å². The highest BCUT2D eigenvalue weighted by Crippen LogP contribution is 2.25. The highest BCUT2D eigenvalue weighted by Gasteiger charge is 2.14. The van der Waals surface area contributed by atoms with E-state index in [9.17, 15) is 9.59 Å². The number of nitrogens with one attached hydrogen (secondary N) is 2. The largest absolute Gasteiger partial charge is 0.328 e. The molecule has 2 heterocycles. The molecule has 0 amide bonds. The van der Waals surface area contributed by atoms with E-state index in [4.69, 9.17) is 0 Å². The van der Waals surface area contributed by atoms with Gasteiger partial charge < -0.3 is 5.32 Å². The van der Waals surface area contributed by atoms with Crippen molar-refractivity contribution in [3.8, 4) is 0 Å². The summed E-state index contributed by atoms with van der Waals surface area (Å²) in [5, 5.41) is 3.37. The maximum Gasteiger partial charge on any atom is 0.328 e. The van der Waals surface area contributed by atoms with Crippen LogP contribution in [0.15, 0.2) is 46.1 Å². The van der Waals surface area contributed by atoms with E-state index in [0.717, 1.165) is 18.7 Å². The lowest BCUT2D eigenvalue weighted by molar-refractivity contribution is 0.460. The lowest BCUT2D eigenvalue weighted by Gasteiger charge is -2.23. The van der Waals surface area contributed by atoms with Crippen LogP contribution in [0, 0.1) is 0 Å². The Hall–Kier alpha value is -2.14. The smallest absolute Gasteiger partial charge is 0.317 e. The van der Waals surface area contributed by atoms with Gasteiger partial charge in [-0.3, -0.25) is 14.3 Å². The number of rotatable bonds is 3. The molecule has 2 aromatic rings. The molecule has 1 aliphatic heterocycles. The summed E-state index contributed by atoms with van der Waals surface area (Å²) in [6.07, 6.45) is 3.89. The first-order chi connectivity index (χ1) is 10.2. The molecule has 21 heavy (non-hydrogen) atoms. The Morgan fingerprint density at radius 3 is 2.43 bits per heavy atom. The monoisotopic (exact) mass is 285 g/mol. The zero-order chi connectivity index (χ0) is 14.7. The van der Waals surface area contributed by atoms with Crippen molar-refractivity contribution in [2.45, 2.75) is 25.3 Å². The van der Waals surface area contributed by atoms with Gasteiger partial charge in [0.25, 0.3) is 5.56 Å². The maximum absolute atomic E-state index is 11.7. The number of piperidine rings is 1. The summed E-state index contributed by atoms with van der Waals surface area (Å²) in [6, 6.07) is 9.80. The van der Waals surface area contributed by atoms with Crippen LogP contribution in [-0.2, 0) is 6.54 Å². The van der Waals surface area contributed by atoms with Crippen LogP contribution in [-0.4, -0.2) is 22.6 Å². The summed E-state index contributed by atoms with van der Waals surface area (Å²) in [7, 11) is 0. The van der Waals surface area contributed by atoms with E-state index < -0.39 is 0 Å². The first-order valence-electron chi connectivity index (χ1n) is 7.32. The van der Waals surface area contributed by atoms with E-state index in [-0.39, 0.29) is 11.2 Å². The summed E-state index contributed by atoms with van der Waals surface area (Å²) in [5.41, 5.74) is 1.69. The highest BCUT2D eigenvalue weighted by atomic mass is 16.2. The molecule has 0 radical (unpaired) electrons. The topological polar surface area (TPSA) is 66.9 Å². The number of aromatic nitrogens is 2. The van der Waals surface area contributed by atoms with Gasteiger partial charge in [-0.2, -0.15) is 0 Å². The Balaban J connectivity index is 1.74. The highest BCUT2D eigenvalue weighted by molar-refractivity contribution is 5.26. The van der Waals surface area contributed by atoms with Crippen LogP contribution in [0.3, 0.4) is 0 Å². The molecule has 0 atom stereocenters. The van der Waals surface area contributed by atoms with Crippen LogP contribution in [0.2, 0.25) is 0 Å². The van der Waals surface area contributed by atoms with Gasteiger partial charge in [-0.25, -0.2) is 4.79 Å². The van der Waals surface area contributed by atoms with E-state index in [0.29, 0.717) is 12.5 Å². The van der Waals surface area contributed by atoms with Crippen molar-refractivity contribution < 1.29 is 0 Å². The molecule has 2 N–H and O–H groups in total. The lowest BCUT2D eigenvalue weighted by Crippen LogP contribution is -2.28. The predicted octanol–water partition coefficient (Wildman–Crippen LogP) is 1.05. The van der Waals surface area contributed by atoms with Crippen LogP contribution in [0.4, 0.5) is 0 Å². The normalized spacial score (nSPS) is 16.0. The third-order valence-electron chi connectivity index (χ3n) is 4.04. The minimum absolute atomic E-state index is 0.363. The third kappa shape index (κ3) is 3.31. The number of benzene rings is 1. The summed E-state index contributed by atoms with van der Waals surface area (Å²) < 4.78 is 1.50. The van der Waals surface area contributed by atoms with Gasteiger partial charge in [-0.1, -0.05) is 24.3 Å². The second-order valence-electron chi connectivity index (χ2n) is 5.50. The molecular weight excluding hydrogens is 266 g/mol. The average Bonchev–Trinajstić information content (AvgIpc) is 2.52. The molecule has 1 aromatic heterocycles. The van der Waals surface area contributed by atoms with Crippen molar-refractivity contribution in [3.63, 3.8) is 0 Å². The second kappa shape index (κ2) is 6.10. The fourth-order valence-corrected chi connectivity index (χ4v) is 2.82. The van der Waals surface area contributed by atoms with E-state index in [2.05, 4.69) is 34.6 Å². The summed E-state index contributed by atoms with van der Waals surface area (Å²) >= 11 is 0. The van der Waals surface area contributed by atoms with Crippen molar-refractivity contribution in [2.75, 3.05) is 13.1 Å². The van der Waals surface area contributed by atoms with Gasteiger partial charge in [0.2, 0.25) is 0 Å². The minimum atomic E-state index is -0.370. The standard InChI is InChI=1S/C16H19N3O2/c20-15-7-10-19(16(21)18-15)11-12-1-3-13(4-2-12)14-5-8-17-9-6-14/h1-4,7,10,14,17H,5-6,8-9,11H2,(H,18,20,21). The molecule has 1 saturated heterocycles. The van der Waals surface area contributed by atoms with Crippen LogP contribution in [0.25, 0.3) is 0 Å². The number of H-pyrrole nitrogens is 1. The first kappa shape index (κ1) is 13.8. The molecule has 0 unspecified atom stereocenters. The van der Waals surface area contributed by atoms with Gasteiger partial charge >= 0.3 is 5.69 Å². The van der Waals surface area contributed by atoms with Crippen molar-refractivity contribution in [3.05, 3.63) is 68.5 Å². The molecule has 1 fully saturated rings. The quantitative estimate of drug-likeness (QED) is 0.886. The lowest BCUT2D eigenvalue weighted by atomic mass is 9.90. The fourth-order valence-electron chi connectivity index (χ4n) is 2.82. The van der Waals surface area contributed by atoms with Crippen LogP contribution in [0.5, 0.6) is 0 Å². The van der Waals surface area contributed by atoms with Gasteiger partial charge in [0.15, 0.2) is 0 Å². The molecule has 0 aliphatic carbocycles. The summed E-state index contributed by atoms with van der Waals surface area (Å²) in [6.45, 7) is 2.64. The number of aromatic amines is 1. The van der Waals surface area contributed by atoms with Gasteiger partial charge in [-0.05, 0) is 43.0 Å². The van der Waals surface area contributed by atoms with Crippen molar-refractivity contribution >= 4 is 0 Å². The molecule has 5 nitrogen and oxygen atoms in total. The van der Waals surface area contributed by atoms with E-state index in [1.807, 2.05) is 0 Å². The molecule has 110 valence electrons. The van der Waals surface area contributed by atoms with Gasteiger partial charge in [-0.15, -0.1) is 0 Å². The van der Waals surface area contributed by atoms with Crippen molar-refractivity contribution in [1.29, 1.82) is 0 Å². The Labute approximate surface area is 122 Å². The number of nitrogens with zero attached hydrogens (tertiary/aromatic N) is 1. The summed E-state index contributed by atoms with van der Waals surface area (Å²) in [5.74, 6) is 0.635. The van der Waals surface area contributed by atoms with Gasteiger partial charge in [0.1, 0.15) is 0 Å². The van der Waals surface area contributed by atoms with Crippen molar-refractivity contribution in [1.82, 2.24) is 14.9 Å². The average molecular weight is 285 g/mol. The maximum atomic E-state index is 11.7. The molecule has 0 saturated carbocycles. The van der Waals surface area contributed by atoms with Crippen LogP contribution in [0.1, 0.15) is 29.9 Å². The van der Waals surface area contributed by atoms with Gasteiger partial charge in [0, 0.05) is 12.3 Å². The molecule has 0 spiro atoms. The van der Waals surface area contributed by atoms with Crippen LogP contribution < -0.4 is 16.6 Å². The number of hydrogen-bond donors (Lipinski definition) is 2. The predicted molar refractivity (Wildman–Crippen MR) is 81.7 cm³/mol. The second-order valence-corrected chi connectivity index (χ2v) is 5.50. The third-order valence-corrected chi connectivity index (χ3v) is 4.04. The first-order valence-corrected chi connectivity index (χ1v) is 7.32.